The number of likely N-dealkylation sites (N-methyl/N-ethyl adjacent to an activating group) is 1. The Morgan fingerprint density at radius 3 is 2.40 bits per heavy atom. The maximum absolute atomic E-state index is 11.3. The molecule has 0 rings (SSSR count). The first-order valence-corrected chi connectivity index (χ1v) is 5.12. The van der Waals surface area contributed by atoms with E-state index in [1.165, 1.54) is 0 Å². The van der Waals surface area contributed by atoms with Gasteiger partial charge in [-0.05, 0) is 25.0 Å². The molecule has 0 aliphatic carbocycles. The van der Waals surface area contributed by atoms with E-state index in [0.717, 1.165) is 12.0 Å². The third-order valence-electron chi connectivity index (χ3n) is 1.70. The van der Waals surface area contributed by atoms with Crippen LogP contribution in [0, 0.1) is 0 Å². The van der Waals surface area contributed by atoms with Crippen molar-refractivity contribution in [2.45, 2.75) is 20.3 Å². The summed E-state index contributed by atoms with van der Waals surface area (Å²) in [6.07, 6.45) is 8.37. The molecular weight excluding hydrogens is 186 g/mol. The van der Waals surface area contributed by atoms with Gasteiger partial charge in [-0.25, -0.2) is 0 Å². The highest BCUT2D eigenvalue weighted by Gasteiger charge is 1.99. The molecule has 0 aliphatic heterocycles. The van der Waals surface area contributed by atoms with Gasteiger partial charge >= 0.3 is 0 Å². The monoisotopic (exact) mass is 205 g/mol. The fraction of sp³-hybridized carbons (Fsp3) is 0.308. The number of nitrogens with one attached hydrogen (secondary N) is 1. The summed E-state index contributed by atoms with van der Waals surface area (Å²) in [5.74, 6) is -0.138. The Bertz CT molecular complexity index is 298. The van der Waals surface area contributed by atoms with Crippen molar-refractivity contribution in [1.82, 2.24) is 5.32 Å². The highest BCUT2D eigenvalue weighted by molar-refractivity contribution is 5.95. The van der Waals surface area contributed by atoms with E-state index >= 15 is 0 Å². The van der Waals surface area contributed by atoms with Crippen molar-refractivity contribution in [3.63, 3.8) is 0 Å². The average Bonchev–Trinajstić information content (AvgIpc) is 2.23. The van der Waals surface area contributed by atoms with Crippen molar-refractivity contribution < 1.29 is 4.79 Å². The summed E-state index contributed by atoms with van der Waals surface area (Å²) >= 11 is 0. The predicted molar refractivity (Wildman–Crippen MR) is 65.5 cm³/mol. The first-order valence-electron chi connectivity index (χ1n) is 5.12. The lowest BCUT2D eigenvalue weighted by Crippen LogP contribution is -2.23. The topological polar surface area (TPSA) is 29.1 Å². The van der Waals surface area contributed by atoms with E-state index in [9.17, 15) is 4.79 Å². The van der Waals surface area contributed by atoms with E-state index in [2.05, 4.69) is 25.4 Å². The van der Waals surface area contributed by atoms with Crippen molar-refractivity contribution in [2.24, 2.45) is 0 Å². The Labute approximate surface area is 92.1 Å². The summed E-state index contributed by atoms with van der Waals surface area (Å²) in [6, 6.07) is 0. The zero-order valence-electron chi connectivity index (χ0n) is 9.55. The highest BCUT2D eigenvalue weighted by atomic mass is 16.1. The van der Waals surface area contributed by atoms with Crippen LogP contribution in [0.2, 0.25) is 0 Å². The molecule has 0 fully saturated rings. The Kier molecular flexibility index (Phi) is 6.98. The van der Waals surface area contributed by atoms with Crippen LogP contribution in [0.1, 0.15) is 20.3 Å². The third-order valence-corrected chi connectivity index (χ3v) is 1.70. The fourth-order valence-corrected chi connectivity index (χ4v) is 0.882. The molecule has 1 amide bonds. The van der Waals surface area contributed by atoms with Gasteiger partial charge in [-0.3, -0.25) is 4.79 Å². The van der Waals surface area contributed by atoms with Crippen molar-refractivity contribution in [3.8, 4) is 0 Å². The van der Waals surface area contributed by atoms with E-state index < -0.39 is 0 Å². The second-order valence-electron chi connectivity index (χ2n) is 3.10. The molecule has 2 nitrogen and oxygen atoms in total. The number of hydrogen-bond acceptors (Lipinski definition) is 1. The van der Waals surface area contributed by atoms with Gasteiger partial charge in [-0.2, -0.15) is 0 Å². The predicted octanol–water partition coefficient (Wildman–Crippen LogP) is 2.76. The first-order chi connectivity index (χ1) is 7.11. The number of rotatable bonds is 6. The summed E-state index contributed by atoms with van der Waals surface area (Å²) in [5, 5.41) is 2.67. The molecule has 0 atom stereocenters. The molecular formula is C13H19NO. The molecule has 0 aliphatic rings. The molecule has 0 heterocycles. The number of allylic oxidation sites excluding steroid dienone is 4. The van der Waals surface area contributed by atoms with Gasteiger partial charge in [0.05, 0.1) is 0 Å². The largest absolute Gasteiger partial charge is 0.352 e. The van der Waals surface area contributed by atoms with Crippen LogP contribution in [0.5, 0.6) is 0 Å². The van der Waals surface area contributed by atoms with Crippen LogP contribution >= 0.6 is 0 Å². The minimum Gasteiger partial charge on any atom is -0.352 e. The Balaban J connectivity index is 4.16. The van der Waals surface area contributed by atoms with Crippen LogP contribution in [0.15, 0.2) is 48.6 Å². The lowest BCUT2D eigenvalue weighted by atomic mass is 10.2. The first kappa shape index (κ1) is 13.4. The SMILES string of the molecule is C=C(C=CCC)C=CC(=C)C(=O)NCC. The number of hydrogen-bond donors (Lipinski definition) is 1. The third kappa shape index (κ3) is 6.49. The van der Waals surface area contributed by atoms with Gasteiger partial charge in [-0.1, -0.05) is 38.3 Å². The maximum Gasteiger partial charge on any atom is 0.250 e. The van der Waals surface area contributed by atoms with E-state index in [0.29, 0.717) is 12.1 Å². The second kappa shape index (κ2) is 7.80. The van der Waals surface area contributed by atoms with Gasteiger partial charge < -0.3 is 5.32 Å². The standard InChI is InChI=1S/C13H19NO/c1-5-7-8-11(3)9-10-12(4)13(15)14-6-2/h7-10H,3-6H2,1-2H3,(H,14,15). The second-order valence-corrected chi connectivity index (χ2v) is 3.10. The smallest absolute Gasteiger partial charge is 0.250 e. The minimum atomic E-state index is -0.138. The van der Waals surface area contributed by atoms with Crippen LogP contribution < -0.4 is 5.32 Å². The summed E-state index contributed by atoms with van der Waals surface area (Å²) < 4.78 is 0. The van der Waals surface area contributed by atoms with E-state index in [-0.39, 0.29) is 5.91 Å². The molecule has 1 N–H and O–H groups in total. The van der Waals surface area contributed by atoms with Gasteiger partial charge in [0, 0.05) is 12.1 Å². The van der Waals surface area contributed by atoms with Crippen LogP contribution in [0.3, 0.4) is 0 Å². The maximum atomic E-state index is 11.3. The molecule has 0 aromatic rings. The summed E-state index contributed by atoms with van der Waals surface area (Å²) in [6.45, 7) is 12.0. The Morgan fingerprint density at radius 2 is 1.87 bits per heavy atom. The zero-order chi connectivity index (χ0) is 11.7. The molecule has 0 aromatic heterocycles. The zero-order valence-corrected chi connectivity index (χ0v) is 9.55. The van der Waals surface area contributed by atoms with Gasteiger partial charge in [0.2, 0.25) is 0 Å². The summed E-state index contributed by atoms with van der Waals surface area (Å²) in [5.41, 5.74) is 1.31. The molecule has 0 bridgehead atoms. The number of carbonyl (C=O) groups is 1. The molecule has 0 saturated heterocycles. The van der Waals surface area contributed by atoms with Gasteiger partial charge in [0.15, 0.2) is 0 Å². The van der Waals surface area contributed by atoms with Crippen molar-refractivity contribution >= 4 is 5.91 Å². The molecule has 82 valence electrons. The van der Waals surface area contributed by atoms with Gasteiger partial charge in [-0.15, -0.1) is 0 Å². The van der Waals surface area contributed by atoms with Gasteiger partial charge in [0.1, 0.15) is 0 Å². The molecule has 0 unspecified atom stereocenters. The molecule has 0 aromatic carbocycles. The molecule has 0 radical (unpaired) electrons. The quantitative estimate of drug-likeness (QED) is 0.524. The average molecular weight is 205 g/mol. The Hall–Kier alpha value is -1.57. The van der Waals surface area contributed by atoms with Crippen molar-refractivity contribution in [2.75, 3.05) is 6.54 Å². The molecule has 0 spiro atoms. The highest BCUT2D eigenvalue weighted by Crippen LogP contribution is 2.00. The van der Waals surface area contributed by atoms with Crippen LogP contribution in [0.25, 0.3) is 0 Å². The number of carbonyl (C=O) groups excluding carboxylic acids is 1. The lowest BCUT2D eigenvalue weighted by Gasteiger charge is -2.00. The van der Waals surface area contributed by atoms with Crippen LogP contribution in [-0.4, -0.2) is 12.5 Å². The number of amides is 1. The Morgan fingerprint density at radius 1 is 1.20 bits per heavy atom. The normalized spacial score (nSPS) is 10.8. The van der Waals surface area contributed by atoms with E-state index in [4.69, 9.17) is 0 Å². The molecule has 2 heteroatoms. The lowest BCUT2D eigenvalue weighted by molar-refractivity contribution is -0.117. The van der Waals surface area contributed by atoms with Crippen molar-refractivity contribution in [3.05, 3.63) is 48.6 Å². The van der Waals surface area contributed by atoms with Crippen LogP contribution in [-0.2, 0) is 4.79 Å². The van der Waals surface area contributed by atoms with E-state index in [1.54, 1.807) is 12.2 Å². The molecule has 15 heavy (non-hydrogen) atoms. The van der Waals surface area contributed by atoms with Crippen LogP contribution in [0.4, 0.5) is 0 Å². The summed E-state index contributed by atoms with van der Waals surface area (Å²) in [7, 11) is 0. The fourth-order valence-electron chi connectivity index (χ4n) is 0.882. The van der Waals surface area contributed by atoms with E-state index in [1.807, 2.05) is 19.1 Å². The summed E-state index contributed by atoms with van der Waals surface area (Å²) in [4.78, 5) is 11.3. The van der Waals surface area contributed by atoms with Gasteiger partial charge in [0.25, 0.3) is 5.91 Å². The molecule has 0 saturated carbocycles. The van der Waals surface area contributed by atoms with Crippen molar-refractivity contribution in [1.29, 1.82) is 0 Å². The minimum absolute atomic E-state index is 0.138.